The smallest absolute Gasteiger partial charge is 0.414 e. The van der Waals surface area contributed by atoms with Crippen LogP contribution >= 0.6 is 0 Å². The first-order valence-corrected chi connectivity index (χ1v) is 5.73. The Labute approximate surface area is 109 Å². The van der Waals surface area contributed by atoms with Gasteiger partial charge >= 0.3 is 6.09 Å². The molecule has 0 radical (unpaired) electrons. The monoisotopic (exact) mass is 264 g/mol. The lowest BCUT2D eigenvalue weighted by Crippen LogP contribution is -2.25. The largest absolute Gasteiger partial charge is 0.441 e. The Morgan fingerprint density at radius 3 is 2.95 bits per heavy atom. The van der Waals surface area contributed by atoms with E-state index < -0.39 is 18.0 Å². The number of carbonyl (C=O) groups is 1. The molecule has 1 heterocycles. The Morgan fingerprint density at radius 1 is 1.58 bits per heavy atom. The van der Waals surface area contributed by atoms with Crippen molar-refractivity contribution in [1.82, 2.24) is 0 Å². The molecule has 1 aliphatic rings. The van der Waals surface area contributed by atoms with Crippen molar-refractivity contribution in [2.75, 3.05) is 24.6 Å². The number of cyclic esters (lactones) is 1. The summed E-state index contributed by atoms with van der Waals surface area (Å²) in [5.74, 6) is 4.63. The average Bonchev–Trinajstić information content (AvgIpc) is 2.78. The summed E-state index contributed by atoms with van der Waals surface area (Å²) in [5.41, 5.74) is 5.81. The zero-order valence-corrected chi connectivity index (χ0v) is 10.1. The van der Waals surface area contributed by atoms with Crippen LogP contribution in [0.25, 0.3) is 0 Å². The van der Waals surface area contributed by atoms with Crippen LogP contribution in [0.15, 0.2) is 18.2 Å². The molecule has 0 saturated carbocycles. The van der Waals surface area contributed by atoms with Gasteiger partial charge in [-0.3, -0.25) is 4.90 Å². The van der Waals surface area contributed by atoms with Crippen molar-refractivity contribution in [3.8, 4) is 11.8 Å². The summed E-state index contributed by atoms with van der Waals surface area (Å²) >= 11 is 0. The average molecular weight is 264 g/mol. The van der Waals surface area contributed by atoms with Gasteiger partial charge in [-0.25, -0.2) is 9.18 Å². The quantitative estimate of drug-likeness (QED) is 0.761. The molecule has 1 fully saturated rings. The second-order valence-corrected chi connectivity index (χ2v) is 3.97. The molecule has 0 spiro atoms. The molecular weight excluding hydrogens is 251 g/mol. The number of benzene rings is 1. The number of nitrogens with zero attached hydrogens (tertiary/aromatic N) is 1. The lowest BCUT2D eigenvalue weighted by atomic mass is 10.2. The maximum absolute atomic E-state index is 13.8. The molecule has 0 bridgehead atoms. The van der Waals surface area contributed by atoms with Gasteiger partial charge in [-0.05, 0) is 18.2 Å². The minimum Gasteiger partial charge on any atom is -0.441 e. The highest BCUT2D eigenvalue weighted by atomic mass is 19.1. The Morgan fingerprint density at radius 2 is 2.37 bits per heavy atom. The summed E-state index contributed by atoms with van der Waals surface area (Å²) < 4.78 is 18.6. The van der Waals surface area contributed by atoms with E-state index in [2.05, 4.69) is 11.8 Å². The van der Waals surface area contributed by atoms with Gasteiger partial charge in [-0.15, -0.1) is 0 Å². The summed E-state index contributed by atoms with van der Waals surface area (Å²) in [6.07, 6.45) is -1.17. The van der Waals surface area contributed by atoms with E-state index >= 15 is 0 Å². The van der Waals surface area contributed by atoms with Crippen LogP contribution < -0.4 is 10.6 Å². The lowest BCUT2D eigenvalue weighted by molar-refractivity contribution is 0.0963. The van der Waals surface area contributed by atoms with E-state index in [-0.39, 0.29) is 25.3 Å². The molecule has 1 aliphatic heterocycles. The van der Waals surface area contributed by atoms with E-state index in [1.165, 1.54) is 17.0 Å². The van der Waals surface area contributed by atoms with Crippen molar-refractivity contribution in [2.45, 2.75) is 6.10 Å². The Kier molecular flexibility index (Phi) is 4.00. The van der Waals surface area contributed by atoms with Crippen LogP contribution in [-0.2, 0) is 4.74 Å². The first-order valence-electron chi connectivity index (χ1n) is 5.73. The fraction of sp³-hybridized carbons (Fsp3) is 0.308. The first-order chi connectivity index (χ1) is 9.15. The maximum atomic E-state index is 13.8. The summed E-state index contributed by atoms with van der Waals surface area (Å²) in [6, 6.07) is 4.26. The van der Waals surface area contributed by atoms with Crippen LogP contribution in [0.3, 0.4) is 0 Å². The number of halogens is 1. The number of aliphatic hydroxyl groups excluding tert-OH is 1. The molecule has 6 heteroatoms. The molecule has 1 amide bonds. The minimum absolute atomic E-state index is 0.151. The van der Waals surface area contributed by atoms with Gasteiger partial charge in [-0.2, -0.15) is 0 Å². The zero-order valence-electron chi connectivity index (χ0n) is 10.1. The van der Waals surface area contributed by atoms with Gasteiger partial charge in [0.15, 0.2) is 0 Å². The van der Waals surface area contributed by atoms with Crippen molar-refractivity contribution >= 4 is 11.8 Å². The molecule has 2 rings (SSSR count). The standard InChI is InChI=1S/C13H13FN2O3/c14-12-6-10(4-3-9(12)2-1-5-15)16-7-11(8-17)19-13(16)18/h3-4,6,11,17H,5,7-8,15H2/t11-/m1/s1. The molecule has 1 saturated heterocycles. The summed E-state index contributed by atoms with van der Waals surface area (Å²) in [5, 5.41) is 8.94. The summed E-state index contributed by atoms with van der Waals surface area (Å²) in [4.78, 5) is 12.8. The Balaban J connectivity index is 2.23. The van der Waals surface area contributed by atoms with Crippen LogP contribution in [0.2, 0.25) is 0 Å². The van der Waals surface area contributed by atoms with Gasteiger partial charge < -0.3 is 15.6 Å². The van der Waals surface area contributed by atoms with Crippen LogP contribution in [0.5, 0.6) is 0 Å². The summed E-state index contributed by atoms with van der Waals surface area (Å²) in [7, 11) is 0. The number of rotatable bonds is 2. The number of aliphatic hydroxyl groups is 1. The molecule has 1 aromatic carbocycles. The molecule has 100 valence electrons. The van der Waals surface area contributed by atoms with Gasteiger partial charge in [0, 0.05) is 0 Å². The van der Waals surface area contributed by atoms with Crippen LogP contribution in [0, 0.1) is 17.7 Å². The lowest BCUT2D eigenvalue weighted by Gasteiger charge is -2.13. The number of anilines is 1. The normalized spacial score (nSPS) is 17.9. The van der Waals surface area contributed by atoms with Crippen LogP contribution in [0.1, 0.15) is 5.56 Å². The molecule has 3 N–H and O–H groups in total. The van der Waals surface area contributed by atoms with Crippen molar-refractivity contribution in [3.05, 3.63) is 29.6 Å². The third-order valence-electron chi connectivity index (χ3n) is 2.67. The van der Waals surface area contributed by atoms with E-state index in [9.17, 15) is 9.18 Å². The molecular formula is C13H13FN2O3. The van der Waals surface area contributed by atoms with Crippen LogP contribution in [0.4, 0.5) is 14.9 Å². The minimum atomic E-state index is -0.598. The number of hydrogen-bond donors (Lipinski definition) is 2. The van der Waals surface area contributed by atoms with E-state index in [4.69, 9.17) is 15.6 Å². The van der Waals surface area contributed by atoms with Gasteiger partial charge in [0.1, 0.15) is 11.9 Å². The Bertz CT molecular complexity index is 551. The summed E-state index contributed by atoms with van der Waals surface area (Å²) in [6.45, 7) is 0.0885. The van der Waals surface area contributed by atoms with E-state index in [0.717, 1.165) is 0 Å². The third kappa shape index (κ3) is 2.84. The number of amides is 1. The highest BCUT2D eigenvalue weighted by Crippen LogP contribution is 2.23. The van der Waals surface area contributed by atoms with Gasteiger partial charge in [0.25, 0.3) is 0 Å². The van der Waals surface area contributed by atoms with E-state index in [1.807, 2.05) is 0 Å². The Hall–Kier alpha value is -2.10. The fourth-order valence-corrected chi connectivity index (χ4v) is 1.75. The highest BCUT2D eigenvalue weighted by molar-refractivity contribution is 5.89. The molecule has 5 nitrogen and oxygen atoms in total. The first kappa shape index (κ1) is 13.3. The molecule has 0 aliphatic carbocycles. The second kappa shape index (κ2) is 5.69. The van der Waals surface area contributed by atoms with Gasteiger partial charge in [-0.1, -0.05) is 11.8 Å². The fourth-order valence-electron chi connectivity index (χ4n) is 1.75. The van der Waals surface area contributed by atoms with Crippen molar-refractivity contribution in [2.24, 2.45) is 5.73 Å². The van der Waals surface area contributed by atoms with E-state index in [1.54, 1.807) is 6.07 Å². The maximum Gasteiger partial charge on any atom is 0.414 e. The predicted octanol–water partition coefficient (Wildman–Crippen LogP) is 0.453. The van der Waals surface area contributed by atoms with Gasteiger partial charge in [0.2, 0.25) is 0 Å². The number of ether oxygens (including phenoxy) is 1. The van der Waals surface area contributed by atoms with Crippen LogP contribution in [-0.4, -0.2) is 37.0 Å². The van der Waals surface area contributed by atoms with E-state index in [0.29, 0.717) is 5.69 Å². The molecule has 0 unspecified atom stereocenters. The SMILES string of the molecule is NCC#Cc1ccc(N2C[C@H](CO)OC2=O)cc1F. The van der Waals surface area contributed by atoms with Crippen molar-refractivity contribution in [1.29, 1.82) is 0 Å². The predicted molar refractivity (Wildman–Crippen MR) is 67.0 cm³/mol. The second-order valence-electron chi connectivity index (χ2n) is 3.97. The van der Waals surface area contributed by atoms with Crippen molar-refractivity contribution in [3.63, 3.8) is 0 Å². The molecule has 0 aromatic heterocycles. The zero-order chi connectivity index (χ0) is 13.8. The van der Waals surface area contributed by atoms with Gasteiger partial charge in [0.05, 0.1) is 30.9 Å². The number of nitrogens with two attached hydrogens (primary N) is 1. The number of hydrogen-bond acceptors (Lipinski definition) is 4. The van der Waals surface area contributed by atoms with Crippen molar-refractivity contribution < 1.29 is 19.0 Å². The topological polar surface area (TPSA) is 75.8 Å². The number of carbonyl (C=O) groups excluding carboxylic acids is 1. The molecule has 1 atom stereocenters. The highest BCUT2D eigenvalue weighted by Gasteiger charge is 2.32. The molecule has 1 aromatic rings. The molecule has 19 heavy (non-hydrogen) atoms. The third-order valence-corrected chi connectivity index (χ3v) is 2.67.